The van der Waals surface area contributed by atoms with E-state index in [0.717, 1.165) is 12.1 Å². The Morgan fingerprint density at radius 2 is 2.00 bits per heavy atom. The summed E-state index contributed by atoms with van der Waals surface area (Å²) in [7, 11) is -2.78. The Morgan fingerprint density at radius 1 is 1.27 bits per heavy atom. The van der Waals surface area contributed by atoms with Crippen molar-refractivity contribution in [2.75, 3.05) is 11.8 Å². The number of nitrogens with one attached hydrogen (secondary N) is 2. The van der Waals surface area contributed by atoms with Crippen molar-refractivity contribution < 1.29 is 27.1 Å². The van der Waals surface area contributed by atoms with Crippen LogP contribution >= 0.6 is 0 Å². The van der Waals surface area contributed by atoms with Crippen molar-refractivity contribution in [1.82, 2.24) is 5.32 Å². The standard InChI is InChI=1S/C17H15FN2O5S/c1-9-6-13(18)14(7-11(9)16(21)19-2)20-26(23,24)15-5-3-4-10-12(15)8-25-17(10)22/h3-7,20H,8H2,1-2H3,(H,19,21). The molecule has 1 amide bonds. The molecular weight excluding hydrogens is 363 g/mol. The zero-order valence-electron chi connectivity index (χ0n) is 13.9. The average Bonchev–Trinajstić information content (AvgIpc) is 2.98. The summed E-state index contributed by atoms with van der Waals surface area (Å²) in [5.74, 6) is -1.90. The first-order valence-corrected chi connectivity index (χ1v) is 9.07. The fraction of sp³-hybridized carbons (Fsp3) is 0.176. The number of amides is 1. The largest absolute Gasteiger partial charge is 0.457 e. The van der Waals surface area contributed by atoms with E-state index in [9.17, 15) is 22.4 Å². The Morgan fingerprint density at radius 3 is 2.69 bits per heavy atom. The zero-order chi connectivity index (χ0) is 19.1. The molecule has 9 heteroatoms. The summed E-state index contributed by atoms with van der Waals surface area (Å²) in [4.78, 5) is 23.3. The van der Waals surface area contributed by atoms with E-state index < -0.39 is 27.7 Å². The van der Waals surface area contributed by atoms with E-state index in [1.807, 2.05) is 0 Å². The van der Waals surface area contributed by atoms with Gasteiger partial charge in [-0.1, -0.05) is 6.07 Å². The summed E-state index contributed by atoms with van der Waals surface area (Å²) in [6.07, 6.45) is 0. The van der Waals surface area contributed by atoms with Crippen LogP contribution in [0.5, 0.6) is 0 Å². The lowest BCUT2D eigenvalue weighted by Crippen LogP contribution is -2.21. The molecule has 2 aromatic rings. The first-order chi connectivity index (χ1) is 12.2. The van der Waals surface area contributed by atoms with Crippen LogP contribution in [0.3, 0.4) is 0 Å². The number of carbonyl (C=O) groups is 2. The number of halogens is 1. The van der Waals surface area contributed by atoms with Crippen molar-refractivity contribution in [3.8, 4) is 0 Å². The maximum absolute atomic E-state index is 14.2. The Bertz CT molecular complexity index is 1030. The van der Waals surface area contributed by atoms with Gasteiger partial charge in [0.05, 0.1) is 16.1 Å². The molecular formula is C17H15FN2O5S. The van der Waals surface area contributed by atoms with Gasteiger partial charge in [0.2, 0.25) is 0 Å². The van der Waals surface area contributed by atoms with Crippen molar-refractivity contribution in [1.29, 1.82) is 0 Å². The lowest BCUT2D eigenvalue weighted by Gasteiger charge is -2.13. The molecule has 0 aliphatic carbocycles. The van der Waals surface area contributed by atoms with Gasteiger partial charge in [-0.05, 0) is 36.8 Å². The number of hydrogen-bond donors (Lipinski definition) is 2. The highest BCUT2D eigenvalue weighted by molar-refractivity contribution is 7.92. The molecule has 1 aliphatic heterocycles. The van der Waals surface area contributed by atoms with E-state index in [2.05, 4.69) is 10.0 Å². The Balaban J connectivity index is 2.04. The van der Waals surface area contributed by atoms with E-state index in [4.69, 9.17) is 4.74 Å². The van der Waals surface area contributed by atoms with Gasteiger partial charge in [0, 0.05) is 18.2 Å². The minimum absolute atomic E-state index is 0.142. The van der Waals surface area contributed by atoms with Crippen molar-refractivity contribution in [2.45, 2.75) is 18.4 Å². The number of aryl methyl sites for hydroxylation is 1. The molecule has 136 valence electrons. The number of hydrogen-bond acceptors (Lipinski definition) is 5. The molecule has 26 heavy (non-hydrogen) atoms. The van der Waals surface area contributed by atoms with Crippen LogP contribution in [-0.2, 0) is 21.4 Å². The molecule has 0 atom stereocenters. The van der Waals surface area contributed by atoms with E-state index in [1.165, 1.54) is 25.2 Å². The summed E-state index contributed by atoms with van der Waals surface area (Å²) < 4.78 is 46.7. The van der Waals surface area contributed by atoms with E-state index in [0.29, 0.717) is 5.56 Å². The molecule has 3 rings (SSSR count). The third-order valence-corrected chi connectivity index (χ3v) is 5.47. The third kappa shape index (κ3) is 3.01. The second-order valence-corrected chi connectivity index (χ2v) is 7.34. The van der Waals surface area contributed by atoms with E-state index in [1.54, 1.807) is 6.92 Å². The highest BCUT2D eigenvalue weighted by Crippen LogP contribution is 2.29. The maximum Gasteiger partial charge on any atom is 0.338 e. The van der Waals surface area contributed by atoms with Crippen LogP contribution in [-0.4, -0.2) is 27.3 Å². The monoisotopic (exact) mass is 378 g/mol. The molecule has 0 saturated carbocycles. The summed E-state index contributed by atoms with van der Waals surface area (Å²) in [5, 5.41) is 2.41. The average molecular weight is 378 g/mol. The molecule has 1 heterocycles. The molecule has 0 spiro atoms. The van der Waals surface area contributed by atoms with Crippen molar-refractivity contribution in [3.63, 3.8) is 0 Å². The fourth-order valence-corrected chi connectivity index (χ4v) is 4.01. The molecule has 2 N–H and O–H groups in total. The molecule has 7 nitrogen and oxygen atoms in total. The molecule has 0 unspecified atom stereocenters. The van der Waals surface area contributed by atoms with E-state index >= 15 is 0 Å². The topological polar surface area (TPSA) is 102 Å². The van der Waals surface area contributed by atoms with Crippen molar-refractivity contribution in [3.05, 3.63) is 58.4 Å². The lowest BCUT2D eigenvalue weighted by atomic mass is 10.1. The second kappa shape index (κ2) is 6.41. The number of fused-ring (bicyclic) bond motifs is 1. The van der Waals surface area contributed by atoms with Crippen molar-refractivity contribution in [2.24, 2.45) is 0 Å². The smallest absolute Gasteiger partial charge is 0.338 e. The third-order valence-electron chi connectivity index (χ3n) is 4.02. The minimum Gasteiger partial charge on any atom is -0.457 e. The molecule has 0 saturated heterocycles. The van der Waals surface area contributed by atoms with Crippen LogP contribution in [0.4, 0.5) is 10.1 Å². The van der Waals surface area contributed by atoms with Crippen LogP contribution in [0.15, 0.2) is 35.2 Å². The summed E-state index contributed by atoms with van der Waals surface area (Å²) >= 11 is 0. The Labute approximate surface area is 149 Å². The Hall–Kier alpha value is -2.94. The van der Waals surface area contributed by atoms with Gasteiger partial charge in [-0.15, -0.1) is 0 Å². The molecule has 0 radical (unpaired) electrons. The quantitative estimate of drug-likeness (QED) is 0.792. The molecule has 2 aromatic carbocycles. The van der Waals surface area contributed by atoms with Gasteiger partial charge >= 0.3 is 5.97 Å². The number of esters is 1. The second-order valence-electron chi connectivity index (χ2n) is 5.69. The van der Waals surface area contributed by atoms with Crippen LogP contribution in [0, 0.1) is 12.7 Å². The summed E-state index contributed by atoms with van der Waals surface area (Å²) in [6, 6.07) is 6.37. The van der Waals surface area contributed by atoms with Crippen LogP contribution in [0.1, 0.15) is 31.8 Å². The highest BCUT2D eigenvalue weighted by Gasteiger charge is 2.29. The number of rotatable bonds is 4. The number of anilines is 1. The molecule has 0 aromatic heterocycles. The van der Waals surface area contributed by atoms with Gasteiger partial charge in [-0.3, -0.25) is 9.52 Å². The van der Waals surface area contributed by atoms with Crippen LogP contribution in [0.25, 0.3) is 0 Å². The van der Waals surface area contributed by atoms with Gasteiger partial charge in [-0.2, -0.15) is 0 Å². The molecule has 0 fully saturated rings. The first-order valence-electron chi connectivity index (χ1n) is 7.58. The van der Waals surface area contributed by atoms with Crippen LogP contribution in [0.2, 0.25) is 0 Å². The van der Waals surface area contributed by atoms with Gasteiger partial charge in [0.25, 0.3) is 15.9 Å². The van der Waals surface area contributed by atoms with Gasteiger partial charge in [0.15, 0.2) is 0 Å². The fourth-order valence-electron chi connectivity index (χ4n) is 2.70. The molecule has 1 aliphatic rings. The predicted molar refractivity (Wildman–Crippen MR) is 90.9 cm³/mol. The predicted octanol–water partition coefficient (Wildman–Crippen LogP) is 1.96. The highest BCUT2D eigenvalue weighted by atomic mass is 32.2. The number of ether oxygens (including phenoxy) is 1. The zero-order valence-corrected chi connectivity index (χ0v) is 14.7. The number of carbonyl (C=O) groups excluding carboxylic acids is 2. The minimum atomic E-state index is -4.20. The van der Waals surface area contributed by atoms with Gasteiger partial charge < -0.3 is 10.1 Å². The van der Waals surface area contributed by atoms with Crippen LogP contribution < -0.4 is 10.0 Å². The summed E-state index contributed by atoms with van der Waals surface area (Å²) in [5.41, 5.74) is 0.511. The maximum atomic E-state index is 14.2. The van der Waals surface area contributed by atoms with E-state index in [-0.39, 0.29) is 33.9 Å². The number of benzene rings is 2. The van der Waals surface area contributed by atoms with Crippen molar-refractivity contribution >= 4 is 27.6 Å². The van der Waals surface area contributed by atoms with Gasteiger partial charge in [0.1, 0.15) is 12.4 Å². The number of cyclic esters (lactones) is 1. The number of sulfonamides is 1. The molecule has 0 bridgehead atoms. The van der Waals surface area contributed by atoms with Gasteiger partial charge in [-0.25, -0.2) is 17.6 Å². The summed E-state index contributed by atoms with van der Waals surface area (Å²) in [6.45, 7) is 1.37. The normalized spacial score (nSPS) is 13.1. The SMILES string of the molecule is CNC(=O)c1cc(NS(=O)(=O)c2cccc3c2COC3=O)c(F)cc1C. The lowest BCUT2D eigenvalue weighted by molar-refractivity contribution is 0.0533. The first kappa shape index (κ1) is 17.9. The Kier molecular flexibility index (Phi) is 4.41.